The minimum Gasteiger partial charge on any atom is -0.329 e. The number of aromatic nitrogens is 1. The molecule has 0 radical (unpaired) electrons. The summed E-state index contributed by atoms with van der Waals surface area (Å²) in [6, 6.07) is 21.8. The lowest BCUT2D eigenvalue weighted by molar-refractivity contribution is 0.102. The molecule has 0 fully saturated rings. The van der Waals surface area contributed by atoms with Gasteiger partial charge in [0.1, 0.15) is 5.82 Å². The van der Waals surface area contributed by atoms with Crippen LogP contribution < -0.4 is 10.6 Å². The lowest BCUT2D eigenvalue weighted by Gasteiger charge is -2.08. The fraction of sp³-hybridized carbons (Fsp3) is 0.154. The number of hydrogen-bond acceptors (Lipinski definition) is 4. The zero-order valence-electron chi connectivity index (χ0n) is 17.8. The van der Waals surface area contributed by atoms with E-state index in [0.717, 1.165) is 30.5 Å². The van der Waals surface area contributed by atoms with Crippen LogP contribution in [-0.4, -0.2) is 10.9 Å². The van der Waals surface area contributed by atoms with Crippen LogP contribution in [0.3, 0.4) is 0 Å². The van der Waals surface area contributed by atoms with Crippen LogP contribution >= 0.6 is 11.3 Å². The summed E-state index contributed by atoms with van der Waals surface area (Å²) in [5.41, 5.74) is 4.57. The summed E-state index contributed by atoms with van der Waals surface area (Å²) >= 11 is 1.40. The maximum absolute atomic E-state index is 13.9. The molecule has 0 saturated heterocycles. The summed E-state index contributed by atoms with van der Waals surface area (Å²) in [4.78, 5) is 17.2. The van der Waals surface area contributed by atoms with E-state index in [4.69, 9.17) is 0 Å². The van der Waals surface area contributed by atoms with E-state index >= 15 is 0 Å². The van der Waals surface area contributed by atoms with Gasteiger partial charge in [0.25, 0.3) is 5.91 Å². The Labute approximate surface area is 191 Å². The first kappa shape index (κ1) is 21.7. The van der Waals surface area contributed by atoms with Crippen molar-refractivity contribution in [1.82, 2.24) is 4.98 Å². The van der Waals surface area contributed by atoms with Gasteiger partial charge in [-0.3, -0.25) is 4.79 Å². The standard InChI is InChI=1S/C26H24FN3OS/c1-2-3-7-18-12-14-19(15-13-18)25(31)28-21-9-6-8-20(16-21)24-17-32-26(30-24)29-23-11-5-4-10-22(23)27/h4-6,8-17H,2-3,7H2,1H3,(H,28,31)(H,29,30). The van der Waals surface area contributed by atoms with E-state index < -0.39 is 0 Å². The number of anilines is 3. The third-order valence-corrected chi connectivity index (χ3v) is 5.83. The molecule has 4 nitrogen and oxygen atoms in total. The van der Waals surface area contributed by atoms with Gasteiger partial charge in [0.2, 0.25) is 0 Å². The van der Waals surface area contributed by atoms with Crippen molar-refractivity contribution in [3.05, 3.63) is 95.1 Å². The van der Waals surface area contributed by atoms with E-state index in [0.29, 0.717) is 22.1 Å². The number of nitrogens with one attached hydrogen (secondary N) is 2. The SMILES string of the molecule is CCCCc1ccc(C(=O)Nc2cccc(-c3csc(Nc4ccccc4F)n3)c2)cc1. The van der Waals surface area contributed by atoms with Gasteiger partial charge in [-0.2, -0.15) is 0 Å². The Bertz CT molecular complexity index is 1200. The number of benzene rings is 3. The topological polar surface area (TPSA) is 54.0 Å². The molecule has 4 aromatic rings. The minimum absolute atomic E-state index is 0.149. The van der Waals surface area contributed by atoms with Gasteiger partial charge in [-0.1, -0.05) is 49.7 Å². The molecule has 0 atom stereocenters. The highest BCUT2D eigenvalue weighted by Gasteiger charge is 2.10. The molecule has 0 bridgehead atoms. The van der Waals surface area contributed by atoms with Gasteiger partial charge in [-0.15, -0.1) is 11.3 Å². The molecule has 2 N–H and O–H groups in total. The summed E-state index contributed by atoms with van der Waals surface area (Å²) in [5.74, 6) is -0.475. The van der Waals surface area contributed by atoms with Crippen LogP contribution in [0.2, 0.25) is 0 Å². The molecule has 4 rings (SSSR count). The van der Waals surface area contributed by atoms with Crippen LogP contribution in [-0.2, 0) is 6.42 Å². The van der Waals surface area contributed by atoms with Crippen LogP contribution in [0.4, 0.5) is 20.9 Å². The van der Waals surface area contributed by atoms with E-state index in [1.54, 1.807) is 18.2 Å². The number of amides is 1. The number of carbonyl (C=O) groups is 1. The smallest absolute Gasteiger partial charge is 0.255 e. The Kier molecular flexibility index (Phi) is 6.92. The van der Waals surface area contributed by atoms with Crippen molar-refractivity contribution < 1.29 is 9.18 Å². The van der Waals surface area contributed by atoms with Crippen LogP contribution in [0, 0.1) is 5.82 Å². The van der Waals surface area contributed by atoms with Gasteiger partial charge in [0, 0.05) is 22.2 Å². The lowest BCUT2D eigenvalue weighted by Crippen LogP contribution is -2.11. The van der Waals surface area contributed by atoms with Gasteiger partial charge in [-0.05, 0) is 54.8 Å². The third kappa shape index (κ3) is 5.39. The number of nitrogens with zero attached hydrogens (tertiary/aromatic N) is 1. The van der Waals surface area contributed by atoms with Crippen molar-refractivity contribution in [3.63, 3.8) is 0 Å². The number of para-hydroxylation sites is 1. The monoisotopic (exact) mass is 445 g/mol. The zero-order valence-corrected chi connectivity index (χ0v) is 18.6. The van der Waals surface area contributed by atoms with E-state index in [-0.39, 0.29) is 11.7 Å². The second kappa shape index (κ2) is 10.2. The fourth-order valence-electron chi connectivity index (χ4n) is 3.30. The van der Waals surface area contributed by atoms with E-state index in [2.05, 4.69) is 22.5 Å². The third-order valence-electron chi connectivity index (χ3n) is 5.07. The average Bonchev–Trinajstić information content (AvgIpc) is 3.28. The predicted octanol–water partition coefficient (Wildman–Crippen LogP) is 7.29. The van der Waals surface area contributed by atoms with Crippen molar-refractivity contribution >= 4 is 33.8 Å². The maximum atomic E-state index is 13.9. The number of hydrogen-bond donors (Lipinski definition) is 2. The predicted molar refractivity (Wildman–Crippen MR) is 130 cm³/mol. The largest absolute Gasteiger partial charge is 0.329 e. The van der Waals surface area contributed by atoms with Crippen molar-refractivity contribution in [1.29, 1.82) is 0 Å². The summed E-state index contributed by atoms with van der Waals surface area (Å²) in [5, 5.41) is 8.47. The molecular formula is C26H24FN3OS. The zero-order chi connectivity index (χ0) is 22.3. The second-order valence-corrected chi connectivity index (χ2v) is 8.34. The number of unbranched alkanes of at least 4 members (excludes halogenated alkanes) is 1. The van der Waals surface area contributed by atoms with Crippen molar-refractivity contribution in [2.24, 2.45) is 0 Å². The van der Waals surface area contributed by atoms with Crippen LogP contribution in [0.25, 0.3) is 11.3 Å². The first-order chi connectivity index (χ1) is 15.6. The van der Waals surface area contributed by atoms with E-state index in [1.165, 1.54) is 23.0 Å². The number of thiazole rings is 1. The van der Waals surface area contributed by atoms with Crippen molar-refractivity contribution in [3.8, 4) is 11.3 Å². The molecular weight excluding hydrogens is 421 g/mol. The number of carbonyl (C=O) groups excluding carboxylic acids is 1. The quantitative estimate of drug-likeness (QED) is 0.299. The average molecular weight is 446 g/mol. The van der Waals surface area contributed by atoms with Crippen LogP contribution in [0.1, 0.15) is 35.7 Å². The fourth-order valence-corrected chi connectivity index (χ4v) is 4.04. The molecule has 0 aliphatic carbocycles. The highest BCUT2D eigenvalue weighted by molar-refractivity contribution is 7.14. The first-order valence-electron chi connectivity index (χ1n) is 10.6. The normalized spacial score (nSPS) is 10.7. The first-order valence-corrected chi connectivity index (χ1v) is 11.5. The number of aryl methyl sites for hydroxylation is 1. The number of halogens is 1. The van der Waals surface area contributed by atoms with E-state index in [9.17, 15) is 9.18 Å². The van der Waals surface area contributed by atoms with Gasteiger partial charge < -0.3 is 10.6 Å². The molecule has 0 spiro atoms. The Morgan fingerprint density at radius 3 is 2.62 bits per heavy atom. The molecule has 1 amide bonds. The van der Waals surface area contributed by atoms with Crippen molar-refractivity contribution in [2.75, 3.05) is 10.6 Å². The molecule has 3 aromatic carbocycles. The van der Waals surface area contributed by atoms with Gasteiger partial charge in [0.05, 0.1) is 11.4 Å². The summed E-state index contributed by atoms with van der Waals surface area (Å²) in [6.07, 6.45) is 3.33. The Morgan fingerprint density at radius 1 is 1.03 bits per heavy atom. The van der Waals surface area contributed by atoms with Gasteiger partial charge in [-0.25, -0.2) is 9.37 Å². The summed E-state index contributed by atoms with van der Waals surface area (Å²) in [7, 11) is 0. The molecule has 1 aromatic heterocycles. The molecule has 0 saturated carbocycles. The molecule has 6 heteroatoms. The summed E-state index contributed by atoms with van der Waals surface area (Å²) in [6.45, 7) is 2.17. The molecule has 162 valence electrons. The second-order valence-electron chi connectivity index (χ2n) is 7.48. The van der Waals surface area contributed by atoms with Crippen LogP contribution in [0.5, 0.6) is 0 Å². The molecule has 0 unspecified atom stereocenters. The Morgan fingerprint density at radius 2 is 1.84 bits per heavy atom. The number of rotatable bonds is 8. The van der Waals surface area contributed by atoms with E-state index in [1.807, 2.05) is 53.9 Å². The summed E-state index contributed by atoms with van der Waals surface area (Å²) < 4.78 is 13.9. The highest BCUT2D eigenvalue weighted by atomic mass is 32.1. The van der Waals surface area contributed by atoms with Crippen LogP contribution in [0.15, 0.2) is 78.2 Å². The molecule has 1 heterocycles. The lowest BCUT2D eigenvalue weighted by atomic mass is 10.1. The molecule has 32 heavy (non-hydrogen) atoms. The molecule has 0 aliphatic heterocycles. The van der Waals surface area contributed by atoms with Gasteiger partial charge >= 0.3 is 0 Å². The molecule has 0 aliphatic rings. The van der Waals surface area contributed by atoms with Gasteiger partial charge in [0.15, 0.2) is 5.13 Å². The highest BCUT2D eigenvalue weighted by Crippen LogP contribution is 2.29. The minimum atomic E-state index is -0.327. The maximum Gasteiger partial charge on any atom is 0.255 e. The Balaban J connectivity index is 1.44. The Hall–Kier alpha value is -3.51. The van der Waals surface area contributed by atoms with Crippen molar-refractivity contribution in [2.45, 2.75) is 26.2 Å².